The molecule has 1 N–H and O–H groups in total. The van der Waals surface area contributed by atoms with Gasteiger partial charge in [-0.1, -0.05) is 180 Å². The van der Waals surface area contributed by atoms with Gasteiger partial charge in [0.1, 0.15) is 13.2 Å². The van der Waals surface area contributed by atoms with Gasteiger partial charge in [-0.2, -0.15) is 0 Å². The zero-order valence-electron chi connectivity index (χ0n) is 38.0. The summed E-state index contributed by atoms with van der Waals surface area (Å²) in [6.07, 6.45) is 40.2. The smallest absolute Gasteiger partial charge is 0.361 e. The number of hydrogen-bond acceptors (Lipinski definition) is 7. The highest BCUT2D eigenvalue weighted by Crippen LogP contribution is 2.15. The minimum Gasteiger partial charge on any atom is -0.477 e. The van der Waals surface area contributed by atoms with E-state index in [1.54, 1.807) is 0 Å². The number of carbonyl (C=O) groups excluding carboxylic acids is 2. The molecule has 0 saturated carbocycles. The molecule has 0 amide bonds. The van der Waals surface area contributed by atoms with Gasteiger partial charge in [0.15, 0.2) is 6.10 Å². The number of ether oxygens (including phenoxy) is 4. The molecular weight excluding hydrogens is 719 g/mol. The molecule has 0 rings (SSSR count). The van der Waals surface area contributed by atoms with Crippen LogP contribution in [-0.4, -0.2) is 87.4 Å². The molecule has 2 unspecified atom stereocenters. The van der Waals surface area contributed by atoms with Gasteiger partial charge in [-0.15, -0.1) is 0 Å². The molecule has 0 aromatic carbocycles. The molecular formula is C48H92NO8+. The Morgan fingerprint density at radius 2 is 0.895 bits per heavy atom. The molecule has 0 aliphatic heterocycles. The number of carbonyl (C=O) groups is 3. The first-order valence-electron chi connectivity index (χ1n) is 23.9. The molecule has 0 fully saturated rings. The minimum absolute atomic E-state index is 0.177. The predicted molar refractivity (Wildman–Crippen MR) is 235 cm³/mol. The Labute approximate surface area is 351 Å². The maximum atomic E-state index is 12.7. The summed E-state index contributed by atoms with van der Waals surface area (Å²) in [5.41, 5.74) is 0. The lowest BCUT2D eigenvalue weighted by molar-refractivity contribution is -0.870. The van der Waals surface area contributed by atoms with Crippen LogP contribution >= 0.6 is 0 Å². The van der Waals surface area contributed by atoms with Crippen molar-refractivity contribution in [1.29, 1.82) is 0 Å². The molecule has 0 spiro atoms. The average Bonchev–Trinajstić information content (AvgIpc) is 3.17. The Morgan fingerprint density at radius 3 is 1.30 bits per heavy atom. The van der Waals surface area contributed by atoms with Crippen LogP contribution in [0.5, 0.6) is 0 Å². The number of allylic oxidation sites excluding steroid dienone is 2. The number of carboxylic acid groups (broad SMARTS) is 1. The van der Waals surface area contributed by atoms with Crippen molar-refractivity contribution < 1.29 is 42.9 Å². The zero-order chi connectivity index (χ0) is 42.1. The van der Waals surface area contributed by atoms with Crippen LogP contribution in [-0.2, 0) is 33.3 Å². The van der Waals surface area contributed by atoms with Crippen molar-refractivity contribution in [3.63, 3.8) is 0 Å². The van der Waals surface area contributed by atoms with E-state index >= 15 is 0 Å². The maximum absolute atomic E-state index is 12.7. The Hall–Kier alpha value is -1.97. The molecule has 57 heavy (non-hydrogen) atoms. The fourth-order valence-corrected chi connectivity index (χ4v) is 6.77. The summed E-state index contributed by atoms with van der Waals surface area (Å²) in [6, 6.07) is 0. The number of quaternary nitrogens is 1. The molecule has 0 aliphatic carbocycles. The van der Waals surface area contributed by atoms with E-state index in [9.17, 15) is 19.5 Å². The molecule has 0 aliphatic rings. The summed E-state index contributed by atoms with van der Waals surface area (Å²) in [6.45, 7) is 4.84. The summed E-state index contributed by atoms with van der Waals surface area (Å²) >= 11 is 0. The topological polar surface area (TPSA) is 108 Å². The second-order valence-electron chi connectivity index (χ2n) is 17.4. The summed E-state index contributed by atoms with van der Waals surface area (Å²) in [4.78, 5) is 36.9. The van der Waals surface area contributed by atoms with Gasteiger partial charge in [0, 0.05) is 12.8 Å². The summed E-state index contributed by atoms with van der Waals surface area (Å²) in [5, 5.41) is 9.61. The summed E-state index contributed by atoms with van der Waals surface area (Å²) < 4.78 is 22.7. The number of carboxylic acids is 1. The van der Waals surface area contributed by atoms with Crippen molar-refractivity contribution in [3.8, 4) is 0 Å². The molecule has 2 atom stereocenters. The first-order chi connectivity index (χ1) is 27.6. The molecule has 9 heteroatoms. The Bertz CT molecular complexity index is 949. The van der Waals surface area contributed by atoms with E-state index < -0.39 is 24.3 Å². The number of rotatable bonds is 44. The van der Waals surface area contributed by atoms with Crippen molar-refractivity contribution in [2.45, 2.75) is 232 Å². The quantitative estimate of drug-likeness (QED) is 0.0213. The highest BCUT2D eigenvalue weighted by atomic mass is 16.7. The van der Waals surface area contributed by atoms with Gasteiger partial charge in [-0.3, -0.25) is 9.59 Å². The standard InChI is InChI=1S/C48H91NO8/c1-6-8-10-12-14-15-16-17-18-19-20-21-22-23-24-25-26-27-28-29-30-31-33-35-37-39-46(51)57-44(42-55-45(50)38-36-34-32-13-11-9-7-2)43-56-48(47(52)53)54-41-40-49(3,4)5/h19-20,44,48H,6-18,21-43H2,1-5H3/p+1/b20-19-. The van der Waals surface area contributed by atoms with Crippen LogP contribution in [0.3, 0.4) is 0 Å². The zero-order valence-corrected chi connectivity index (χ0v) is 38.0. The maximum Gasteiger partial charge on any atom is 0.361 e. The highest BCUT2D eigenvalue weighted by molar-refractivity contribution is 5.71. The molecule has 0 aromatic rings. The van der Waals surface area contributed by atoms with Crippen LogP contribution in [0, 0.1) is 0 Å². The normalized spacial score (nSPS) is 12.9. The van der Waals surface area contributed by atoms with Crippen LogP contribution in [0.1, 0.15) is 219 Å². The molecule has 0 bridgehead atoms. The Balaban J connectivity index is 4.13. The van der Waals surface area contributed by atoms with Gasteiger partial charge in [-0.05, 0) is 38.5 Å². The predicted octanol–water partition coefficient (Wildman–Crippen LogP) is 12.7. The first kappa shape index (κ1) is 55.0. The van der Waals surface area contributed by atoms with Gasteiger partial charge in [0.25, 0.3) is 6.29 Å². The van der Waals surface area contributed by atoms with Crippen molar-refractivity contribution in [2.24, 2.45) is 0 Å². The van der Waals surface area contributed by atoms with Crippen molar-refractivity contribution in [1.82, 2.24) is 0 Å². The van der Waals surface area contributed by atoms with E-state index in [4.69, 9.17) is 18.9 Å². The number of aliphatic carboxylic acids is 1. The van der Waals surface area contributed by atoms with Gasteiger partial charge in [0.05, 0.1) is 34.4 Å². The summed E-state index contributed by atoms with van der Waals surface area (Å²) in [7, 11) is 5.95. The van der Waals surface area contributed by atoms with Gasteiger partial charge >= 0.3 is 17.9 Å². The van der Waals surface area contributed by atoms with Crippen LogP contribution in [0.25, 0.3) is 0 Å². The third-order valence-corrected chi connectivity index (χ3v) is 10.5. The van der Waals surface area contributed by atoms with Gasteiger partial charge < -0.3 is 28.5 Å². The fourth-order valence-electron chi connectivity index (χ4n) is 6.77. The van der Waals surface area contributed by atoms with Crippen LogP contribution in [0.15, 0.2) is 12.2 Å². The van der Waals surface area contributed by atoms with E-state index in [1.165, 1.54) is 154 Å². The third-order valence-electron chi connectivity index (χ3n) is 10.5. The molecule has 336 valence electrons. The lowest BCUT2D eigenvalue weighted by Crippen LogP contribution is -2.40. The van der Waals surface area contributed by atoms with Crippen molar-refractivity contribution in [3.05, 3.63) is 12.2 Å². The number of hydrogen-bond donors (Lipinski definition) is 1. The van der Waals surface area contributed by atoms with Crippen LogP contribution in [0.2, 0.25) is 0 Å². The lowest BCUT2D eigenvalue weighted by atomic mass is 10.0. The minimum atomic E-state index is -1.50. The second kappa shape index (κ2) is 40.8. The second-order valence-corrected chi connectivity index (χ2v) is 17.4. The number of esters is 2. The number of nitrogens with zero attached hydrogens (tertiary/aromatic N) is 1. The number of likely N-dealkylation sites (N-methyl/N-ethyl adjacent to an activating group) is 1. The monoisotopic (exact) mass is 811 g/mol. The summed E-state index contributed by atoms with van der Waals surface area (Å²) in [5.74, 6) is -2.00. The van der Waals surface area contributed by atoms with Gasteiger partial charge in [0.2, 0.25) is 0 Å². The van der Waals surface area contributed by atoms with Crippen molar-refractivity contribution in [2.75, 3.05) is 47.5 Å². The Morgan fingerprint density at radius 1 is 0.509 bits per heavy atom. The van der Waals surface area contributed by atoms with E-state index in [2.05, 4.69) is 26.0 Å². The van der Waals surface area contributed by atoms with E-state index in [-0.39, 0.29) is 32.2 Å². The van der Waals surface area contributed by atoms with E-state index in [0.29, 0.717) is 17.4 Å². The lowest BCUT2D eigenvalue weighted by Gasteiger charge is -2.25. The third kappa shape index (κ3) is 42.0. The number of unbranched alkanes of at least 4 members (excludes halogenated alkanes) is 27. The van der Waals surface area contributed by atoms with Crippen molar-refractivity contribution >= 4 is 17.9 Å². The SMILES string of the molecule is CCCCCCCCCC/C=C\CCCCCCCCCCCCCCCC(=O)OC(COC(=O)CCCCCCCCC)COC(OCC[N+](C)(C)C)C(=O)O. The van der Waals surface area contributed by atoms with Crippen LogP contribution in [0.4, 0.5) is 0 Å². The first-order valence-corrected chi connectivity index (χ1v) is 23.9. The molecule has 0 aromatic heterocycles. The molecule has 0 heterocycles. The Kier molecular flexibility index (Phi) is 39.4. The van der Waals surface area contributed by atoms with E-state index in [1.807, 2.05) is 21.1 Å². The van der Waals surface area contributed by atoms with Crippen LogP contribution < -0.4 is 0 Å². The molecule has 0 saturated heterocycles. The van der Waals surface area contributed by atoms with E-state index in [0.717, 1.165) is 38.5 Å². The fraction of sp³-hybridized carbons (Fsp3) is 0.896. The molecule has 9 nitrogen and oxygen atoms in total. The molecule has 0 radical (unpaired) electrons. The largest absolute Gasteiger partial charge is 0.477 e. The average molecular weight is 811 g/mol. The highest BCUT2D eigenvalue weighted by Gasteiger charge is 2.25. The van der Waals surface area contributed by atoms with Gasteiger partial charge in [-0.25, -0.2) is 4.79 Å².